The van der Waals surface area contributed by atoms with Crippen LogP contribution in [0.15, 0.2) is 30.4 Å². The smallest absolute Gasteiger partial charge is 0.303 e. The number of benzene rings is 1. The van der Waals surface area contributed by atoms with Crippen LogP contribution in [0.3, 0.4) is 0 Å². The highest BCUT2D eigenvalue weighted by Gasteiger charge is 2.33. The summed E-state index contributed by atoms with van der Waals surface area (Å²) < 4.78 is 69.6. The highest BCUT2D eigenvalue weighted by Crippen LogP contribution is 2.32. The molecule has 1 atom stereocenters. The van der Waals surface area contributed by atoms with Crippen LogP contribution in [-0.4, -0.2) is 36.7 Å². The molecule has 1 aliphatic rings. The maximum Gasteiger partial charge on any atom is 0.303 e. The van der Waals surface area contributed by atoms with Crippen LogP contribution >= 0.6 is 11.6 Å². The van der Waals surface area contributed by atoms with Gasteiger partial charge < -0.3 is 5.32 Å². The number of alkyl halides is 2. The highest BCUT2D eigenvalue weighted by atomic mass is 35.5. The summed E-state index contributed by atoms with van der Waals surface area (Å²) in [4.78, 5) is 12.8. The van der Waals surface area contributed by atoms with Gasteiger partial charge >= 0.3 is 10.2 Å². The van der Waals surface area contributed by atoms with E-state index in [1.165, 1.54) is 7.05 Å². The van der Waals surface area contributed by atoms with Gasteiger partial charge in [0.1, 0.15) is 16.5 Å². The zero-order valence-corrected chi connectivity index (χ0v) is 18.9. The van der Waals surface area contributed by atoms with Crippen LogP contribution in [-0.2, 0) is 17.3 Å². The summed E-state index contributed by atoms with van der Waals surface area (Å²) in [6, 6.07) is 2.30. The summed E-state index contributed by atoms with van der Waals surface area (Å²) in [6.45, 7) is 3.66. The first-order chi connectivity index (χ1) is 14.9. The fraction of sp³-hybridized carbons (Fsp3) is 0.368. The molecule has 2 heterocycles. The van der Waals surface area contributed by atoms with E-state index in [1.807, 2.05) is 13.8 Å². The van der Waals surface area contributed by atoms with E-state index in [2.05, 4.69) is 15.1 Å². The molecule has 1 amide bonds. The number of carbonyl (C=O) groups is 1. The fourth-order valence-corrected chi connectivity index (χ4v) is 4.96. The Balaban J connectivity index is 1.92. The summed E-state index contributed by atoms with van der Waals surface area (Å²) in [5, 5.41) is 6.19. The second kappa shape index (κ2) is 9.12. The molecule has 1 aliphatic heterocycles. The molecule has 0 bridgehead atoms. The van der Waals surface area contributed by atoms with Gasteiger partial charge in [-0.1, -0.05) is 37.6 Å². The van der Waals surface area contributed by atoms with E-state index < -0.39 is 40.0 Å². The number of nitrogens with one attached hydrogen (secondary N) is 2. The van der Waals surface area contributed by atoms with Crippen molar-refractivity contribution in [3.05, 3.63) is 52.4 Å². The third-order valence-corrected chi connectivity index (χ3v) is 6.64. The van der Waals surface area contributed by atoms with Gasteiger partial charge in [-0.2, -0.15) is 18.2 Å². The van der Waals surface area contributed by atoms with E-state index >= 15 is 0 Å². The molecule has 3 rings (SSSR count). The summed E-state index contributed by atoms with van der Waals surface area (Å²) in [5.41, 5.74) is -1.15. The summed E-state index contributed by atoms with van der Waals surface area (Å²) in [7, 11) is -2.65. The molecule has 1 aromatic heterocycles. The lowest BCUT2D eigenvalue weighted by atomic mass is 10.1. The standard InChI is InChI=1S/C19H21ClF3N5O3S/c1-10(2)14-5-4-8-28(32(30,31)26-14)18-15(20)16(27(3)25-18)19(29)24-11-6-7-13(21)12(9-11)17(22)23/h4-7,9-10,14,17,26H,8H2,1-3H3,(H,24,29). The minimum absolute atomic E-state index is 0.00430. The van der Waals surface area contributed by atoms with Gasteiger partial charge in [-0.15, -0.1) is 0 Å². The van der Waals surface area contributed by atoms with E-state index in [0.717, 1.165) is 27.2 Å². The molecule has 0 fully saturated rings. The monoisotopic (exact) mass is 491 g/mol. The first-order valence-corrected chi connectivity index (χ1v) is 11.3. The molecule has 8 nitrogen and oxygen atoms in total. The van der Waals surface area contributed by atoms with Gasteiger partial charge in [0.2, 0.25) is 0 Å². The van der Waals surface area contributed by atoms with E-state index in [4.69, 9.17) is 11.6 Å². The van der Waals surface area contributed by atoms with E-state index in [-0.39, 0.29) is 34.7 Å². The third-order valence-electron chi connectivity index (χ3n) is 4.82. The van der Waals surface area contributed by atoms with Crippen LogP contribution in [0.5, 0.6) is 0 Å². The summed E-state index contributed by atoms with van der Waals surface area (Å²) in [6.07, 6.45) is 0.307. The van der Waals surface area contributed by atoms with Crippen molar-refractivity contribution in [2.75, 3.05) is 16.2 Å². The van der Waals surface area contributed by atoms with Gasteiger partial charge in [0.25, 0.3) is 12.3 Å². The molecule has 0 saturated heterocycles. The average molecular weight is 492 g/mol. The quantitative estimate of drug-likeness (QED) is 0.624. The second-order valence-corrected chi connectivity index (χ2v) is 9.46. The van der Waals surface area contributed by atoms with Crippen molar-refractivity contribution in [3.63, 3.8) is 0 Å². The Morgan fingerprint density at radius 1 is 1.34 bits per heavy atom. The number of aryl methyl sites for hydroxylation is 1. The van der Waals surface area contributed by atoms with Gasteiger partial charge in [0.05, 0.1) is 12.1 Å². The molecule has 0 radical (unpaired) electrons. The maximum absolute atomic E-state index is 13.5. The van der Waals surface area contributed by atoms with Crippen molar-refractivity contribution in [3.8, 4) is 0 Å². The molecule has 1 aromatic carbocycles. The molecular weight excluding hydrogens is 471 g/mol. The van der Waals surface area contributed by atoms with Crippen molar-refractivity contribution in [2.24, 2.45) is 13.0 Å². The van der Waals surface area contributed by atoms with Gasteiger partial charge in [0.15, 0.2) is 5.82 Å². The Morgan fingerprint density at radius 2 is 2.03 bits per heavy atom. The first kappa shape index (κ1) is 24.1. The number of amides is 1. The van der Waals surface area contributed by atoms with Crippen molar-refractivity contribution in [2.45, 2.75) is 26.3 Å². The minimum Gasteiger partial charge on any atom is -0.321 e. The Bertz CT molecular complexity index is 1170. The van der Waals surface area contributed by atoms with Crippen LogP contribution in [0, 0.1) is 11.7 Å². The average Bonchev–Trinajstić information content (AvgIpc) is 2.87. The maximum atomic E-state index is 13.5. The molecule has 0 aliphatic carbocycles. The summed E-state index contributed by atoms with van der Waals surface area (Å²) >= 11 is 6.33. The topological polar surface area (TPSA) is 96.3 Å². The largest absolute Gasteiger partial charge is 0.321 e. The van der Waals surface area contributed by atoms with Gasteiger partial charge in [-0.05, 0) is 24.1 Å². The Labute approximate surface area is 188 Å². The Morgan fingerprint density at radius 3 is 2.66 bits per heavy atom. The Kier molecular flexibility index (Phi) is 6.86. The normalized spacial score (nSPS) is 18.3. The van der Waals surface area contributed by atoms with Crippen LogP contribution in [0.2, 0.25) is 5.02 Å². The molecule has 32 heavy (non-hydrogen) atoms. The predicted molar refractivity (Wildman–Crippen MR) is 115 cm³/mol. The lowest BCUT2D eigenvalue weighted by Crippen LogP contribution is -2.45. The fourth-order valence-electron chi connectivity index (χ4n) is 3.10. The highest BCUT2D eigenvalue weighted by molar-refractivity contribution is 7.90. The molecule has 13 heteroatoms. The number of halogens is 4. The molecule has 0 saturated carbocycles. The number of aromatic nitrogens is 2. The van der Waals surface area contributed by atoms with Crippen LogP contribution in [0.1, 0.15) is 36.3 Å². The number of hydrogen-bond acceptors (Lipinski definition) is 4. The third kappa shape index (κ3) is 4.76. The lowest BCUT2D eigenvalue weighted by molar-refractivity contribution is 0.101. The molecule has 2 N–H and O–H groups in total. The van der Waals surface area contributed by atoms with Crippen LogP contribution in [0.25, 0.3) is 0 Å². The van der Waals surface area contributed by atoms with Crippen molar-refractivity contribution >= 4 is 39.2 Å². The SMILES string of the molecule is CC(C)C1C=CCN(c2nn(C)c(C(=O)Nc3ccc(F)c(C(F)F)c3)c2Cl)S(=O)(=O)N1. The van der Waals surface area contributed by atoms with Crippen LogP contribution in [0.4, 0.5) is 24.7 Å². The minimum atomic E-state index is -4.03. The number of carbonyl (C=O) groups excluding carboxylic acids is 1. The van der Waals surface area contributed by atoms with Crippen LogP contribution < -0.4 is 14.3 Å². The van der Waals surface area contributed by atoms with E-state index in [9.17, 15) is 26.4 Å². The zero-order chi connectivity index (χ0) is 23.8. The van der Waals surface area contributed by atoms with E-state index in [1.54, 1.807) is 12.2 Å². The lowest BCUT2D eigenvalue weighted by Gasteiger charge is -2.22. The Hall–Kier alpha value is -2.57. The second-order valence-electron chi connectivity index (χ2n) is 7.45. The summed E-state index contributed by atoms with van der Waals surface area (Å²) in [5.74, 6) is -2.12. The van der Waals surface area contributed by atoms with Crippen molar-refractivity contribution in [1.29, 1.82) is 0 Å². The number of nitrogens with zero attached hydrogens (tertiary/aromatic N) is 3. The van der Waals surface area contributed by atoms with Crippen molar-refractivity contribution < 1.29 is 26.4 Å². The van der Waals surface area contributed by atoms with E-state index in [0.29, 0.717) is 0 Å². The van der Waals surface area contributed by atoms with Crippen molar-refractivity contribution in [1.82, 2.24) is 14.5 Å². The predicted octanol–water partition coefficient (Wildman–Crippen LogP) is 3.64. The molecule has 174 valence electrons. The van der Waals surface area contributed by atoms with Gasteiger partial charge in [-0.25, -0.2) is 17.5 Å². The van der Waals surface area contributed by atoms with Gasteiger partial charge in [-0.3, -0.25) is 9.48 Å². The molecule has 2 aromatic rings. The number of anilines is 2. The number of rotatable bonds is 5. The zero-order valence-electron chi connectivity index (χ0n) is 17.3. The van der Waals surface area contributed by atoms with Gasteiger partial charge in [0, 0.05) is 18.8 Å². The molecular formula is C19H21ClF3N5O3S. The molecule has 1 unspecified atom stereocenters. The molecule has 0 spiro atoms. The number of hydrogen-bond donors (Lipinski definition) is 2. The first-order valence-electron chi connectivity index (χ1n) is 9.50.